The third kappa shape index (κ3) is 2.85. The molecule has 3 N–H and O–H groups in total. The van der Waals surface area contributed by atoms with Crippen molar-refractivity contribution in [2.45, 2.75) is 13.0 Å². The number of nitrogens with one attached hydrogen (secondary N) is 3. The molecule has 0 amide bonds. The molecule has 0 fully saturated rings. The Labute approximate surface area is 160 Å². The van der Waals surface area contributed by atoms with E-state index in [1.807, 2.05) is 19.2 Å². The largest absolute Gasteiger partial charge is 0.323 e. The van der Waals surface area contributed by atoms with Gasteiger partial charge in [0.05, 0.1) is 22.4 Å². The van der Waals surface area contributed by atoms with Crippen LogP contribution >= 0.6 is 11.6 Å². The zero-order valence-electron chi connectivity index (χ0n) is 14.8. The zero-order valence-corrected chi connectivity index (χ0v) is 15.5. The highest BCUT2D eigenvalue weighted by molar-refractivity contribution is 6.38. The third-order valence-electron chi connectivity index (χ3n) is 4.92. The summed E-state index contributed by atoms with van der Waals surface area (Å²) in [5.74, 6) is 1.33. The van der Waals surface area contributed by atoms with E-state index in [1.54, 1.807) is 10.9 Å². The SMILES string of the molecule is Cn1nc(-c2ccc3c(c2)CCNC3)nc1Nc1ccc2[nH]ncc2c1Cl. The van der Waals surface area contributed by atoms with E-state index in [2.05, 4.69) is 49.1 Å². The lowest BCUT2D eigenvalue weighted by atomic mass is 9.98. The van der Waals surface area contributed by atoms with Gasteiger partial charge in [-0.3, -0.25) is 5.10 Å². The molecule has 0 spiro atoms. The Bertz CT molecular complexity index is 1140. The first-order chi connectivity index (χ1) is 13.2. The standard InChI is InChI=1S/C19H18ClN7/c1-27-19(23-16-5-4-15-14(17(16)20)10-22-25-15)24-18(26-27)12-2-3-13-9-21-7-6-11(13)8-12/h2-5,8,10,21H,6-7,9H2,1H3,(H,22,25)(H,23,24,26). The molecule has 3 heterocycles. The van der Waals surface area contributed by atoms with E-state index < -0.39 is 0 Å². The van der Waals surface area contributed by atoms with Crippen molar-refractivity contribution in [3.8, 4) is 11.4 Å². The fraction of sp³-hybridized carbons (Fsp3) is 0.211. The monoisotopic (exact) mass is 379 g/mol. The Morgan fingerprint density at radius 1 is 1.19 bits per heavy atom. The first-order valence-electron chi connectivity index (χ1n) is 8.81. The number of H-pyrrole nitrogens is 1. The lowest BCUT2D eigenvalue weighted by Gasteiger charge is -2.17. The summed E-state index contributed by atoms with van der Waals surface area (Å²) in [6.45, 7) is 1.93. The van der Waals surface area contributed by atoms with Crippen LogP contribution in [0.15, 0.2) is 36.5 Å². The minimum atomic E-state index is 0.604. The fourth-order valence-corrected chi connectivity index (χ4v) is 3.69. The van der Waals surface area contributed by atoms with E-state index in [0.717, 1.165) is 41.7 Å². The number of halogens is 1. The minimum absolute atomic E-state index is 0.604. The Kier molecular flexibility index (Phi) is 3.84. The maximum Gasteiger partial charge on any atom is 0.225 e. The average molecular weight is 380 g/mol. The van der Waals surface area contributed by atoms with Crippen LogP contribution in [0.4, 0.5) is 11.6 Å². The average Bonchev–Trinajstić information content (AvgIpc) is 3.31. The number of aryl methyl sites for hydroxylation is 1. The van der Waals surface area contributed by atoms with Crippen LogP contribution in [0, 0.1) is 0 Å². The molecule has 4 aromatic rings. The van der Waals surface area contributed by atoms with E-state index in [-0.39, 0.29) is 0 Å². The topological polar surface area (TPSA) is 83.5 Å². The Hall–Kier alpha value is -2.90. The number of rotatable bonds is 3. The van der Waals surface area contributed by atoms with Crippen molar-refractivity contribution in [2.75, 3.05) is 11.9 Å². The molecule has 8 heteroatoms. The number of anilines is 2. The number of aromatic nitrogens is 5. The molecule has 0 bridgehead atoms. The predicted octanol–water partition coefficient (Wildman–Crippen LogP) is 3.40. The summed E-state index contributed by atoms with van der Waals surface area (Å²) in [4.78, 5) is 4.68. The molecule has 1 aliphatic heterocycles. The molecule has 1 aliphatic rings. The first kappa shape index (κ1) is 16.3. The third-order valence-corrected chi connectivity index (χ3v) is 5.33. The van der Waals surface area contributed by atoms with E-state index >= 15 is 0 Å². The van der Waals surface area contributed by atoms with Crippen molar-refractivity contribution < 1.29 is 0 Å². The van der Waals surface area contributed by atoms with Crippen molar-refractivity contribution >= 4 is 34.1 Å². The highest BCUT2D eigenvalue weighted by Crippen LogP contribution is 2.32. The molecule has 0 saturated carbocycles. The van der Waals surface area contributed by atoms with Crippen LogP contribution in [0.25, 0.3) is 22.3 Å². The molecule has 0 radical (unpaired) electrons. The van der Waals surface area contributed by atoms with Crippen LogP contribution in [0.1, 0.15) is 11.1 Å². The van der Waals surface area contributed by atoms with Gasteiger partial charge in [-0.05, 0) is 42.3 Å². The van der Waals surface area contributed by atoms with E-state index in [9.17, 15) is 0 Å². The van der Waals surface area contributed by atoms with Gasteiger partial charge in [0.25, 0.3) is 0 Å². The molecule has 0 unspecified atom stereocenters. The number of hydrogen-bond acceptors (Lipinski definition) is 5. The lowest BCUT2D eigenvalue weighted by molar-refractivity contribution is 0.644. The Balaban J connectivity index is 1.48. The van der Waals surface area contributed by atoms with Crippen LogP contribution < -0.4 is 10.6 Å². The van der Waals surface area contributed by atoms with Gasteiger partial charge >= 0.3 is 0 Å². The van der Waals surface area contributed by atoms with Gasteiger partial charge in [-0.1, -0.05) is 23.7 Å². The number of nitrogens with zero attached hydrogens (tertiary/aromatic N) is 4. The van der Waals surface area contributed by atoms with E-state index in [1.165, 1.54) is 11.1 Å². The van der Waals surface area contributed by atoms with E-state index in [4.69, 9.17) is 11.6 Å². The van der Waals surface area contributed by atoms with Crippen molar-refractivity contribution in [1.82, 2.24) is 30.3 Å². The second-order valence-corrected chi connectivity index (χ2v) is 7.05. The van der Waals surface area contributed by atoms with Crippen molar-refractivity contribution in [3.05, 3.63) is 52.7 Å². The van der Waals surface area contributed by atoms with Crippen molar-refractivity contribution in [3.63, 3.8) is 0 Å². The molecular formula is C19H18ClN7. The molecule has 0 atom stereocenters. The van der Waals surface area contributed by atoms with Gasteiger partial charge in [0.15, 0.2) is 5.82 Å². The molecule has 0 saturated heterocycles. The van der Waals surface area contributed by atoms with Gasteiger partial charge in [-0.25, -0.2) is 4.68 Å². The van der Waals surface area contributed by atoms with Crippen molar-refractivity contribution in [1.29, 1.82) is 0 Å². The maximum absolute atomic E-state index is 6.50. The molecule has 2 aromatic heterocycles. The first-order valence-corrected chi connectivity index (χ1v) is 9.19. The highest BCUT2D eigenvalue weighted by Gasteiger charge is 2.15. The molecule has 136 valence electrons. The second kappa shape index (κ2) is 6.37. The summed E-state index contributed by atoms with van der Waals surface area (Å²) in [7, 11) is 1.87. The zero-order chi connectivity index (χ0) is 18.4. The molecular weight excluding hydrogens is 362 g/mol. The minimum Gasteiger partial charge on any atom is -0.323 e. The second-order valence-electron chi connectivity index (χ2n) is 6.68. The van der Waals surface area contributed by atoms with Crippen LogP contribution in [-0.4, -0.2) is 31.5 Å². The van der Waals surface area contributed by atoms with Crippen LogP contribution in [0.2, 0.25) is 5.02 Å². The number of fused-ring (bicyclic) bond motifs is 2. The summed E-state index contributed by atoms with van der Waals surface area (Å²) in [6.07, 6.45) is 2.74. The molecule has 5 rings (SSSR count). The summed E-state index contributed by atoms with van der Waals surface area (Å²) in [5.41, 5.74) is 5.40. The molecule has 7 nitrogen and oxygen atoms in total. The van der Waals surface area contributed by atoms with Gasteiger partial charge in [0.1, 0.15) is 0 Å². The van der Waals surface area contributed by atoms with E-state index in [0.29, 0.717) is 16.8 Å². The maximum atomic E-state index is 6.50. The number of hydrogen-bond donors (Lipinski definition) is 3. The molecule has 2 aromatic carbocycles. The lowest BCUT2D eigenvalue weighted by Crippen LogP contribution is -2.23. The molecule has 0 aliphatic carbocycles. The summed E-state index contributed by atoms with van der Waals surface area (Å²) in [5, 5.41) is 19.7. The smallest absolute Gasteiger partial charge is 0.225 e. The fourth-order valence-electron chi connectivity index (χ4n) is 3.43. The van der Waals surface area contributed by atoms with Gasteiger partial charge in [-0.15, -0.1) is 5.10 Å². The normalized spacial score (nSPS) is 13.7. The Morgan fingerprint density at radius 3 is 3.04 bits per heavy atom. The summed E-state index contributed by atoms with van der Waals surface area (Å²) < 4.78 is 1.73. The van der Waals surface area contributed by atoms with Crippen LogP contribution in [-0.2, 0) is 20.0 Å². The number of aromatic amines is 1. The van der Waals surface area contributed by atoms with Gasteiger partial charge in [0.2, 0.25) is 5.95 Å². The van der Waals surface area contributed by atoms with Gasteiger partial charge in [0, 0.05) is 24.5 Å². The van der Waals surface area contributed by atoms with Crippen molar-refractivity contribution in [2.24, 2.45) is 7.05 Å². The summed E-state index contributed by atoms with van der Waals surface area (Å²) in [6, 6.07) is 10.3. The quantitative estimate of drug-likeness (QED) is 0.508. The van der Waals surface area contributed by atoms with Gasteiger partial charge in [-0.2, -0.15) is 10.1 Å². The van der Waals surface area contributed by atoms with Crippen LogP contribution in [0.5, 0.6) is 0 Å². The molecule has 27 heavy (non-hydrogen) atoms. The number of benzene rings is 2. The predicted molar refractivity (Wildman–Crippen MR) is 106 cm³/mol. The Morgan fingerprint density at radius 2 is 2.11 bits per heavy atom. The van der Waals surface area contributed by atoms with Crippen LogP contribution in [0.3, 0.4) is 0 Å². The highest BCUT2D eigenvalue weighted by atomic mass is 35.5. The summed E-state index contributed by atoms with van der Waals surface area (Å²) >= 11 is 6.50. The van der Waals surface area contributed by atoms with Gasteiger partial charge < -0.3 is 10.6 Å².